The van der Waals surface area contributed by atoms with Crippen molar-refractivity contribution in [2.45, 2.75) is 32.8 Å². The van der Waals surface area contributed by atoms with Crippen LogP contribution in [0.4, 0.5) is 5.13 Å². The van der Waals surface area contributed by atoms with E-state index in [1.165, 1.54) is 16.9 Å². The van der Waals surface area contributed by atoms with E-state index in [9.17, 15) is 4.79 Å². The summed E-state index contributed by atoms with van der Waals surface area (Å²) in [5.41, 5.74) is 5.48. The number of hydrogen-bond acceptors (Lipinski definition) is 9. The monoisotopic (exact) mass is 561 g/mol. The second kappa shape index (κ2) is 11.8. The number of methoxy groups -OCH3 is 3. The molecule has 0 fully saturated rings. The molecular weight excluding hydrogens is 530 g/mol. The first-order valence-corrected chi connectivity index (χ1v) is 13.7. The molecular formula is C30H31N3O6S. The van der Waals surface area contributed by atoms with Crippen molar-refractivity contribution in [3.8, 4) is 23.0 Å². The topological polar surface area (TPSA) is 101 Å². The number of amides is 1. The highest BCUT2D eigenvalue weighted by Gasteiger charge is 2.27. The van der Waals surface area contributed by atoms with E-state index in [1.54, 1.807) is 21.3 Å². The Bertz CT molecular complexity index is 1560. The Morgan fingerprint density at radius 3 is 2.50 bits per heavy atom. The number of ether oxygens (including phenoxy) is 4. The van der Waals surface area contributed by atoms with Crippen LogP contribution in [-0.2, 0) is 16.1 Å². The van der Waals surface area contributed by atoms with E-state index in [0.717, 1.165) is 39.0 Å². The van der Waals surface area contributed by atoms with Crippen LogP contribution in [0.1, 0.15) is 41.7 Å². The van der Waals surface area contributed by atoms with Crippen molar-refractivity contribution >= 4 is 38.3 Å². The van der Waals surface area contributed by atoms with Gasteiger partial charge in [-0.15, -0.1) is 0 Å². The fourth-order valence-corrected chi connectivity index (χ4v) is 5.43. The molecule has 208 valence electrons. The standard InChI is InChI=1S/C30H31N3O6S/c1-6-18-8-10-21-27(11-18)40-30(31-21)32-28(34)16-38-23-12-19(9-7-17(23)2)24-15-22(33-39-24)20-13-25(35-3)29(37-5)26(14-20)36-4/h7-14,24H,6,15-16H2,1-5H3,(H,31,32,34). The summed E-state index contributed by atoms with van der Waals surface area (Å²) in [6, 6.07) is 15.7. The van der Waals surface area contributed by atoms with Crippen LogP contribution in [0.15, 0.2) is 53.7 Å². The van der Waals surface area contributed by atoms with Crippen LogP contribution in [0, 0.1) is 6.92 Å². The van der Waals surface area contributed by atoms with Crippen molar-refractivity contribution in [2.24, 2.45) is 5.16 Å². The zero-order valence-electron chi connectivity index (χ0n) is 23.1. The second-order valence-electron chi connectivity index (χ2n) is 9.29. The lowest BCUT2D eigenvalue weighted by Gasteiger charge is -2.14. The summed E-state index contributed by atoms with van der Waals surface area (Å²) >= 11 is 1.45. The predicted octanol–water partition coefficient (Wildman–Crippen LogP) is 6.08. The van der Waals surface area contributed by atoms with E-state index in [0.29, 0.717) is 34.6 Å². The van der Waals surface area contributed by atoms with Gasteiger partial charge in [0.2, 0.25) is 5.75 Å². The molecule has 0 radical (unpaired) electrons. The SMILES string of the molecule is CCc1ccc2nc(NC(=O)COc3cc(C4CC(c5cc(OC)c(OC)c(OC)c5)=NO4)ccc3C)sc2c1. The summed E-state index contributed by atoms with van der Waals surface area (Å²) < 4.78 is 23.3. The molecule has 40 heavy (non-hydrogen) atoms. The number of aromatic nitrogens is 1. The predicted molar refractivity (Wildman–Crippen MR) is 155 cm³/mol. The summed E-state index contributed by atoms with van der Waals surface area (Å²) in [5, 5.41) is 7.73. The normalized spacial score (nSPS) is 14.4. The third kappa shape index (κ3) is 5.67. The molecule has 9 nitrogen and oxygen atoms in total. The number of carbonyl (C=O) groups is 1. The average molecular weight is 562 g/mol. The first kappa shape index (κ1) is 27.3. The van der Waals surface area contributed by atoms with Crippen LogP contribution in [0.25, 0.3) is 10.2 Å². The molecule has 1 aliphatic rings. The number of fused-ring (bicyclic) bond motifs is 1. The van der Waals surface area contributed by atoms with Crippen molar-refractivity contribution in [3.05, 3.63) is 70.8 Å². The van der Waals surface area contributed by atoms with Gasteiger partial charge < -0.3 is 23.8 Å². The minimum Gasteiger partial charge on any atom is -0.493 e. The second-order valence-corrected chi connectivity index (χ2v) is 10.3. The Hall–Kier alpha value is -4.31. The van der Waals surface area contributed by atoms with Crippen molar-refractivity contribution in [1.29, 1.82) is 0 Å². The minimum atomic E-state index is -0.304. The van der Waals surface area contributed by atoms with Gasteiger partial charge >= 0.3 is 0 Å². The maximum Gasteiger partial charge on any atom is 0.264 e. The average Bonchev–Trinajstić information content (AvgIpc) is 3.62. The number of anilines is 1. The third-order valence-corrected chi connectivity index (χ3v) is 7.65. The van der Waals surface area contributed by atoms with Gasteiger partial charge in [-0.1, -0.05) is 41.6 Å². The van der Waals surface area contributed by atoms with Crippen LogP contribution in [0.2, 0.25) is 0 Å². The summed E-state index contributed by atoms with van der Waals surface area (Å²) in [6.45, 7) is 3.90. The van der Waals surface area contributed by atoms with Gasteiger partial charge in [0.1, 0.15) is 5.75 Å². The lowest BCUT2D eigenvalue weighted by Crippen LogP contribution is -2.20. The molecule has 10 heteroatoms. The van der Waals surface area contributed by atoms with E-state index >= 15 is 0 Å². The summed E-state index contributed by atoms with van der Waals surface area (Å²) in [6.07, 6.45) is 1.19. The maximum absolute atomic E-state index is 12.6. The lowest BCUT2D eigenvalue weighted by molar-refractivity contribution is -0.118. The molecule has 0 saturated heterocycles. The lowest BCUT2D eigenvalue weighted by atomic mass is 9.98. The zero-order valence-corrected chi connectivity index (χ0v) is 23.9. The Balaban J connectivity index is 1.24. The van der Waals surface area contributed by atoms with Crippen LogP contribution >= 0.6 is 11.3 Å². The first-order valence-electron chi connectivity index (χ1n) is 12.9. The zero-order chi connectivity index (χ0) is 28.2. The number of nitrogens with one attached hydrogen (secondary N) is 1. The van der Waals surface area contributed by atoms with Crippen molar-refractivity contribution < 1.29 is 28.6 Å². The van der Waals surface area contributed by atoms with Gasteiger partial charge in [0.15, 0.2) is 29.3 Å². The molecule has 1 amide bonds. The Morgan fingerprint density at radius 1 is 1.02 bits per heavy atom. The van der Waals surface area contributed by atoms with Gasteiger partial charge in [0, 0.05) is 12.0 Å². The van der Waals surface area contributed by atoms with Crippen molar-refractivity contribution in [3.63, 3.8) is 0 Å². The molecule has 3 aromatic carbocycles. The fourth-order valence-electron chi connectivity index (χ4n) is 4.49. The van der Waals surface area contributed by atoms with Gasteiger partial charge in [-0.3, -0.25) is 10.1 Å². The van der Waals surface area contributed by atoms with E-state index in [4.69, 9.17) is 23.8 Å². The molecule has 5 rings (SSSR count). The van der Waals surface area contributed by atoms with E-state index in [1.807, 2.05) is 43.3 Å². The van der Waals surface area contributed by atoms with Crippen molar-refractivity contribution in [2.75, 3.05) is 33.3 Å². The van der Waals surface area contributed by atoms with Gasteiger partial charge in [0.05, 0.1) is 37.3 Å². The van der Waals surface area contributed by atoms with Gasteiger partial charge in [-0.2, -0.15) is 0 Å². The van der Waals surface area contributed by atoms with Gasteiger partial charge in [0.25, 0.3) is 5.91 Å². The molecule has 0 bridgehead atoms. The number of hydrogen-bond donors (Lipinski definition) is 1. The Morgan fingerprint density at radius 2 is 1.80 bits per heavy atom. The van der Waals surface area contributed by atoms with Crippen LogP contribution in [0.5, 0.6) is 23.0 Å². The molecule has 0 aliphatic carbocycles. The summed E-state index contributed by atoms with van der Waals surface area (Å²) in [5.74, 6) is 1.94. The molecule has 0 saturated carbocycles. The third-order valence-electron chi connectivity index (χ3n) is 6.72. The molecule has 1 aliphatic heterocycles. The summed E-state index contributed by atoms with van der Waals surface area (Å²) in [4.78, 5) is 22.9. The number of thiazole rings is 1. The van der Waals surface area contributed by atoms with Crippen molar-refractivity contribution in [1.82, 2.24) is 4.98 Å². The van der Waals surface area contributed by atoms with E-state index in [2.05, 4.69) is 34.5 Å². The number of benzene rings is 3. The highest BCUT2D eigenvalue weighted by molar-refractivity contribution is 7.22. The van der Waals surface area contributed by atoms with Gasteiger partial charge in [-0.05, 0) is 60.4 Å². The molecule has 1 unspecified atom stereocenters. The van der Waals surface area contributed by atoms with Crippen LogP contribution < -0.4 is 24.3 Å². The molecule has 1 atom stereocenters. The highest BCUT2D eigenvalue weighted by Crippen LogP contribution is 2.40. The molecule has 2 heterocycles. The first-order chi connectivity index (χ1) is 19.4. The number of rotatable bonds is 10. The quantitative estimate of drug-likeness (QED) is 0.251. The van der Waals surface area contributed by atoms with Crippen LogP contribution in [-0.4, -0.2) is 44.5 Å². The fraction of sp³-hybridized carbons (Fsp3) is 0.300. The summed E-state index contributed by atoms with van der Waals surface area (Å²) in [7, 11) is 4.72. The molecule has 0 spiro atoms. The maximum atomic E-state index is 12.6. The Kier molecular flexibility index (Phi) is 8.06. The highest BCUT2D eigenvalue weighted by atomic mass is 32.1. The molecule has 1 aromatic heterocycles. The number of oxime groups is 1. The molecule has 1 N–H and O–H groups in total. The number of nitrogens with zero attached hydrogens (tertiary/aromatic N) is 2. The van der Waals surface area contributed by atoms with E-state index < -0.39 is 0 Å². The van der Waals surface area contributed by atoms with Gasteiger partial charge in [-0.25, -0.2) is 4.98 Å². The smallest absolute Gasteiger partial charge is 0.264 e. The number of carbonyl (C=O) groups excluding carboxylic acids is 1. The number of aryl methyl sites for hydroxylation is 2. The van der Waals surface area contributed by atoms with E-state index in [-0.39, 0.29) is 18.6 Å². The van der Waals surface area contributed by atoms with Crippen LogP contribution in [0.3, 0.4) is 0 Å². The minimum absolute atomic E-state index is 0.140. The molecule has 4 aromatic rings. The largest absolute Gasteiger partial charge is 0.493 e. The Labute approximate surface area is 236 Å².